The van der Waals surface area contributed by atoms with Gasteiger partial charge in [0.25, 0.3) is 0 Å². The maximum atomic E-state index is 12.7. The molecule has 1 aliphatic carbocycles. The van der Waals surface area contributed by atoms with Crippen molar-refractivity contribution in [3.05, 3.63) is 51.2 Å². The van der Waals surface area contributed by atoms with E-state index in [1.807, 2.05) is 0 Å². The van der Waals surface area contributed by atoms with E-state index in [2.05, 4.69) is 0 Å². The monoisotopic (exact) mass is 356 g/mol. The van der Waals surface area contributed by atoms with Crippen LogP contribution in [-0.2, 0) is 19.1 Å². The van der Waals surface area contributed by atoms with Crippen molar-refractivity contribution < 1.29 is 28.6 Å². The maximum absolute atomic E-state index is 12.7. The van der Waals surface area contributed by atoms with Gasteiger partial charge in [0.2, 0.25) is 11.2 Å². The van der Waals surface area contributed by atoms with Crippen LogP contribution in [0.2, 0.25) is 0 Å². The van der Waals surface area contributed by atoms with Crippen LogP contribution in [0, 0.1) is 0 Å². The smallest absolute Gasteiger partial charge is 0.307 e. The Bertz CT molecular complexity index is 1050. The molecule has 0 amide bonds. The summed E-state index contributed by atoms with van der Waals surface area (Å²) in [4.78, 5) is 35.3. The first kappa shape index (κ1) is 17.5. The van der Waals surface area contributed by atoms with E-state index >= 15 is 0 Å². The number of aromatic hydroxyl groups is 1. The van der Waals surface area contributed by atoms with Crippen LogP contribution in [0.5, 0.6) is 5.75 Å². The first-order chi connectivity index (χ1) is 12.4. The van der Waals surface area contributed by atoms with Gasteiger partial charge in [-0.25, -0.2) is 0 Å². The highest BCUT2D eigenvalue weighted by molar-refractivity contribution is 5.73. The maximum Gasteiger partial charge on any atom is 0.307 e. The highest BCUT2D eigenvalue weighted by Crippen LogP contribution is 2.24. The van der Waals surface area contributed by atoms with Gasteiger partial charge in [0.15, 0.2) is 5.76 Å². The van der Waals surface area contributed by atoms with Crippen LogP contribution in [0.4, 0.5) is 0 Å². The van der Waals surface area contributed by atoms with E-state index in [0.29, 0.717) is 5.56 Å². The molecule has 7 nitrogen and oxygen atoms in total. The molecule has 1 aromatic carbocycles. The minimum absolute atomic E-state index is 0.00934. The van der Waals surface area contributed by atoms with Crippen molar-refractivity contribution in [2.75, 3.05) is 0 Å². The zero-order chi connectivity index (χ0) is 18.8. The number of benzene rings is 1. The van der Waals surface area contributed by atoms with Gasteiger partial charge in [0, 0.05) is 31.9 Å². The topological polar surface area (TPSA) is 103 Å². The van der Waals surface area contributed by atoms with Gasteiger partial charge in [-0.1, -0.05) is 30.3 Å². The Morgan fingerprint density at radius 1 is 1.15 bits per heavy atom. The van der Waals surface area contributed by atoms with Crippen LogP contribution < -0.4 is 16.1 Å². The fourth-order valence-corrected chi connectivity index (χ4v) is 2.78. The molecule has 1 aliphatic rings. The Morgan fingerprint density at radius 3 is 2.46 bits per heavy atom. The number of fused-ring (bicyclic) bond motifs is 1. The zero-order valence-electron chi connectivity index (χ0n) is 14.1. The van der Waals surface area contributed by atoms with Crippen LogP contribution >= 0.6 is 0 Å². The lowest BCUT2D eigenvalue weighted by Gasteiger charge is -2.18. The second-order valence-corrected chi connectivity index (χ2v) is 5.75. The van der Waals surface area contributed by atoms with Gasteiger partial charge in [-0.05, 0) is 0 Å². The lowest BCUT2D eigenvalue weighted by molar-refractivity contribution is -0.143. The number of carbonyl (C=O) groups is 2. The first-order valence-corrected chi connectivity index (χ1v) is 7.89. The predicted octanol–water partition coefficient (Wildman–Crippen LogP) is 0.800. The molecule has 1 atom stereocenters. The Labute approximate surface area is 147 Å². The number of hydrogen-bond acceptors (Lipinski definition) is 7. The number of hydrogen-bond donors (Lipinski definition) is 1. The number of ether oxygens (including phenoxy) is 2. The number of carbonyl (C=O) groups excluding carboxylic acids is 2. The lowest BCUT2D eigenvalue weighted by Crippen LogP contribution is -2.45. The van der Waals surface area contributed by atoms with E-state index in [9.17, 15) is 19.5 Å². The molecule has 0 spiro atoms. The average molecular weight is 356 g/mol. The summed E-state index contributed by atoms with van der Waals surface area (Å²) in [5, 5.41) is 10.3. The van der Waals surface area contributed by atoms with Crippen molar-refractivity contribution in [1.82, 2.24) is 0 Å². The molecule has 3 rings (SSSR count). The van der Waals surface area contributed by atoms with E-state index < -0.39 is 29.2 Å². The minimum Gasteiger partial charge on any atom is -0.502 e. The molecule has 26 heavy (non-hydrogen) atoms. The van der Waals surface area contributed by atoms with Gasteiger partial charge in [-0.3, -0.25) is 14.4 Å². The van der Waals surface area contributed by atoms with Crippen molar-refractivity contribution >= 4 is 23.8 Å². The van der Waals surface area contributed by atoms with Gasteiger partial charge in [-0.2, -0.15) is 0 Å². The molecule has 1 aromatic heterocycles. The van der Waals surface area contributed by atoms with Crippen molar-refractivity contribution in [3.8, 4) is 17.1 Å². The van der Waals surface area contributed by atoms with E-state index in [4.69, 9.17) is 13.9 Å². The quantitative estimate of drug-likeness (QED) is 0.811. The van der Waals surface area contributed by atoms with Crippen LogP contribution in [0.3, 0.4) is 0 Å². The highest BCUT2D eigenvalue weighted by atomic mass is 16.6. The van der Waals surface area contributed by atoms with Gasteiger partial charge >= 0.3 is 11.9 Å². The SMILES string of the molecule is CC(=O)OC1=c2c(oc(-c3ccccc3)c(O)c2=O)=CC(OC(C)=O)C1. The Kier molecular flexibility index (Phi) is 4.62. The summed E-state index contributed by atoms with van der Waals surface area (Å²) < 4.78 is 16.0. The molecular formula is C19H16O7. The van der Waals surface area contributed by atoms with Crippen molar-refractivity contribution in [2.45, 2.75) is 26.4 Å². The van der Waals surface area contributed by atoms with E-state index in [0.717, 1.165) is 0 Å². The summed E-state index contributed by atoms with van der Waals surface area (Å²) in [6.45, 7) is 2.43. The second kappa shape index (κ2) is 6.87. The Balaban J connectivity index is 2.30. The molecule has 0 bridgehead atoms. The molecule has 134 valence electrons. The number of esters is 2. The fourth-order valence-electron chi connectivity index (χ4n) is 2.78. The summed E-state index contributed by atoms with van der Waals surface area (Å²) in [5.74, 6) is -1.78. The minimum atomic E-state index is -0.759. The molecule has 2 aromatic rings. The summed E-state index contributed by atoms with van der Waals surface area (Å²) in [7, 11) is 0. The van der Waals surface area contributed by atoms with Gasteiger partial charge in [0.05, 0.1) is 0 Å². The van der Waals surface area contributed by atoms with Crippen LogP contribution in [0.1, 0.15) is 20.3 Å². The molecule has 0 fully saturated rings. The van der Waals surface area contributed by atoms with Crippen molar-refractivity contribution in [1.29, 1.82) is 0 Å². The molecular weight excluding hydrogens is 340 g/mol. The molecule has 0 aliphatic heterocycles. The molecule has 1 N–H and O–H groups in total. The largest absolute Gasteiger partial charge is 0.502 e. The molecule has 0 saturated carbocycles. The fraction of sp³-hybridized carbons (Fsp3) is 0.211. The standard InChI is InChI=1S/C19H16O7/c1-10(20)24-13-8-14(25-11(2)21)16-15(9-13)26-19(18(23)17(16)22)12-6-4-3-5-7-12/h3-7,9,13,23H,8H2,1-2H3. The first-order valence-electron chi connectivity index (χ1n) is 7.89. The zero-order valence-corrected chi connectivity index (χ0v) is 14.1. The van der Waals surface area contributed by atoms with Gasteiger partial charge in [0.1, 0.15) is 22.5 Å². The Hall–Kier alpha value is -3.35. The van der Waals surface area contributed by atoms with Crippen molar-refractivity contribution in [3.63, 3.8) is 0 Å². The summed E-state index contributed by atoms with van der Waals surface area (Å²) in [6, 6.07) is 8.60. The summed E-state index contributed by atoms with van der Waals surface area (Å²) in [5.41, 5.74) is -0.152. The van der Waals surface area contributed by atoms with Gasteiger partial charge in [-0.15, -0.1) is 0 Å². The Morgan fingerprint density at radius 2 is 1.85 bits per heavy atom. The van der Waals surface area contributed by atoms with E-state index in [1.54, 1.807) is 30.3 Å². The number of rotatable bonds is 3. The van der Waals surface area contributed by atoms with Crippen LogP contribution in [0.25, 0.3) is 23.2 Å². The highest BCUT2D eigenvalue weighted by Gasteiger charge is 2.25. The molecule has 1 unspecified atom stereocenters. The van der Waals surface area contributed by atoms with Gasteiger partial charge < -0.3 is 19.0 Å². The third-order valence-electron chi connectivity index (χ3n) is 3.74. The lowest BCUT2D eigenvalue weighted by atomic mass is 10.1. The average Bonchev–Trinajstić information content (AvgIpc) is 2.57. The molecule has 7 heteroatoms. The normalized spacial score (nSPS) is 15.6. The summed E-state index contributed by atoms with van der Waals surface area (Å²) in [6.07, 6.45) is 0.684. The second-order valence-electron chi connectivity index (χ2n) is 5.75. The van der Waals surface area contributed by atoms with E-state index in [-0.39, 0.29) is 28.6 Å². The predicted molar refractivity (Wildman–Crippen MR) is 91.1 cm³/mol. The third kappa shape index (κ3) is 3.37. The van der Waals surface area contributed by atoms with E-state index in [1.165, 1.54) is 19.9 Å². The molecule has 0 radical (unpaired) electrons. The summed E-state index contributed by atoms with van der Waals surface area (Å²) >= 11 is 0. The molecule has 1 heterocycles. The van der Waals surface area contributed by atoms with Crippen LogP contribution in [0.15, 0.2) is 39.5 Å². The van der Waals surface area contributed by atoms with Crippen molar-refractivity contribution in [2.24, 2.45) is 0 Å². The van der Waals surface area contributed by atoms with Crippen LogP contribution in [-0.4, -0.2) is 23.1 Å². The molecule has 0 saturated heterocycles. The third-order valence-corrected chi connectivity index (χ3v) is 3.74.